The van der Waals surface area contributed by atoms with Crippen molar-refractivity contribution in [2.75, 3.05) is 19.7 Å². The van der Waals surface area contributed by atoms with Crippen molar-refractivity contribution in [2.45, 2.75) is 26.4 Å². The number of carbonyl (C=O) groups excluding carboxylic acids is 1. The van der Waals surface area contributed by atoms with E-state index in [1.807, 2.05) is 32.0 Å². The highest BCUT2D eigenvalue weighted by Crippen LogP contribution is 2.15. The molecule has 0 spiro atoms. The maximum absolute atomic E-state index is 12.2. The van der Waals surface area contributed by atoms with Crippen molar-refractivity contribution in [3.05, 3.63) is 34.9 Å². The molecule has 1 unspecified atom stereocenters. The van der Waals surface area contributed by atoms with E-state index in [1.165, 1.54) is 0 Å². The summed E-state index contributed by atoms with van der Waals surface area (Å²) >= 11 is 0. The summed E-state index contributed by atoms with van der Waals surface area (Å²) in [5.74, 6) is 0.180. The predicted octanol–water partition coefficient (Wildman–Crippen LogP) is 1.86. The van der Waals surface area contributed by atoms with Gasteiger partial charge in [-0.05, 0) is 25.5 Å². The lowest BCUT2D eigenvalue weighted by Crippen LogP contribution is -2.39. The minimum absolute atomic E-state index is 0.0242. The maximum Gasteiger partial charge on any atom is 0.165 e. The summed E-state index contributed by atoms with van der Waals surface area (Å²) in [5, 5.41) is 3.24. The van der Waals surface area contributed by atoms with E-state index in [-0.39, 0.29) is 11.9 Å². The molecule has 0 aliphatic carbocycles. The zero-order chi connectivity index (χ0) is 12.3. The zero-order valence-electron chi connectivity index (χ0n) is 10.5. The van der Waals surface area contributed by atoms with Gasteiger partial charge < -0.3 is 10.1 Å². The fourth-order valence-corrected chi connectivity index (χ4v) is 2.10. The number of hydrogen-bond donors (Lipinski definition) is 1. The Morgan fingerprint density at radius 3 is 3.00 bits per heavy atom. The standard InChI is InChI=1S/C14H19NO2/c1-10-3-4-11(2)13(7-10)14(16)8-12-9-15-5-6-17-12/h3-4,7,12,15H,5-6,8-9H2,1-2H3. The third-order valence-corrected chi connectivity index (χ3v) is 3.11. The number of morpholine rings is 1. The molecular formula is C14H19NO2. The molecule has 0 radical (unpaired) electrons. The van der Waals surface area contributed by atoms with Gasteiger partial charge in [0.15, 0.2) is 5.78 Å². The summed E-state index contributed by atoms with van der Waals surface area (Å²) in [6.45, 7) is 6.34. The van der Waals surface area contributed by atoms with Gasteiger partial charge in [0.05, 0.1) is 12.7 Å². The smallest absolute Gasteiger partial charge is 0.165 e. The second-order valence-corrected chi connectivity index (χ2v) is 4.64. The number of ketones is 1. The van der Waals surface area contributed by atoms with E-state index in [4.69, 9.17) is 4.74 Å². The van der Waals surface area contributed by atoms with Gasteiger partial charge in [-0.25, -0.2) is 0 Å². The van der Waals surface area contributed by atoms with Crippen LogP contribution in [0.1, 0.15) is 27.9 Å². The third kappa shape index (κ3) is 3.14. The van der Waals surface area contributed by atoms with Crippen LogP contribution in [0.4, 0.5) is 0 Å². The molecule has 1 saturated heterocycles. The van der Waals surface area contributed by atoms with Crippen LogP contribution in [-0.2, 0) is 4.74 Å². The third-order valence-electron chi connectivity index (χ3n) is 3.11. The van der Waals surface area contributed by atoms with Gasteiger partial charge in [0.25, 0.3) is 0 Å². The second-order valence-electron chi connectivity index (χ2n) is 4.64. The summed E-state index contributed by atoms with van der Waals surface area (Å²) < 4.78 is 5.56. The minimum atomic E-state index is 0.0242. The monoisotopic (exact) mass is 233 g/mol. The van der Waals surface area contributed by atoms with E-state index in [0.717, 1.165) is 29.8 Å². The average Bonchev–Trinajstić information content (AvgIpc) is 2.33. The predicted molar refractivity (Wildman–Crippen MR) is 67.5 cm³/mol. The summed E-state index contributed by atoms with van der Waals surface area (Å²) in [4.78, 5) is 12.2. The van der Waals surface area contributed by atoms with Crippen LogP contribution in [0.25, 0.3) is 0 Å². The van der Waals surface area contributed by atoms with Crippen molar-refractivity contribution in [3.8, 4) is 0 Å². The largest absolute Gasteiger partial charge is 0.375 e. The first-order valence-corrected chi connectivity index (χ1v) is 6.09. The van der Waals surface area contributed by atoms with Crippen molar-refractivity contribution in [3.63, 3.8) is 0 Å². The Balaban J connectivity index is 2.05. The molecule has 2 rings (SSSR count). The number of aryl methyl sites for hydroxylation is 2. The van der Waals surface area contributed by atoms with Crippen LogP contribution in [-0.4, -0.2) is 31.6 Å². The summed E-state index contributed by atoms with van der Waals surface area (Å²) in [5.41, 5.74) is 3.00. The molecule has 0 saturated carbocycles. The van der Waals surface area contributed by atoms with Gasteiger partial charge in [-0.1, -0.05) is 17.7 Å². The van der Waals surface area contributed by atoms with Crippen molar-refractivity contribution in [1.82, 2.24) is 5.32 Å². The summed E-state index contributed by atoms with van der Waals surface area (Å²) in [6.07, 6.45) is 0.494. The van der Waals surface area contributed by atoms with Crippen LogP contribution in [0.3, 0.4) is 0 Å². The molecule has 1 aromatic rings. The number of nitrogens with one attached hydrogen (secondary N) is 1. The quantitative estimate of drug-likeness (QED) is 0.810. The Morgan fingerprint density at radius 1 is 1.47 bits per heavy atom. The Hall–Kier alpha value is -1.19. The van der Waals surface area contributed by atoms with E-state index in [9.17, 15) is 4.79 Å². The number of ether oxygens (including phenoxy) is 1. The Labute approximate surface area is 102 Å². The number of rotatable bonds is 3. The topological polar surface area (TPSA) is 38.3 Å². The number of Topliss-reactive ketones (excluding diaryl/α,β-unsaturated/α-hetero) is 1. The van der Waals surface area contributed by atoms with Gasteiger partial charge in [-0.15, -0.1) is 0 Å². The molecule has 1 heterocycles. The Morgan fingerprint density at radius 2 is 2.29 bits per heavy atom. The van der Waals surface area contributed by atoms with Gasteiger partial charge in [0.1, 0.15) is 0 Å². The Kier molecular flexibility index (Phi) is 3.92. The molecule has 92 valence electrons. The lowest BCUT2D eigenvalue weighted by molar-refractivity contribution is 0.0240. The molecular weight excluding hydrogens is 214 g/mol. The average molecular weight is 233 g/mol. The van der Waals surface area contributed by atoms with E-state index >= 15 is 0 Å². The van der Waals surface area contributed by atoms with Crippen molar-refractivity contribution >= 4 is 5.78 Å². The highest BCUT2D eigenvalue weighted by molar-refractivity contribution is 5.97. The van der Waals surface area contributed by atoms with Gasteiger partial charge >= 0.3 is 0 Å². The van der Waals surface area contributed by atoms with Crippen LogP contribution in [0.5, 0.6) is 0 Å². The lowest BCUT2D eigenvalue weighted by atomic mass is 9.98. The van der Waals surface area contributed by atoms with E-state index in [1.54, 1.807) is 0 Å². The van der Waals surface area contributed by atoms with Crippen LogP contribution in [0, 0.1) is 13.8 Å². The highest BCUT2D eigenvalue weighted by Gasteiger charge is 2.19. The summed E-state index contributed by atoms with van der Waals surface area (Å²) in [6, 6.07) is 6.00. The normalized spacial score (nSPS) is 20.2. The van der Waals surface area contributed by atoms with Crippen molar-refractivity contribution < 1.29 is 9.53 Å². The molecule has 3 nitrogen and oxygen atoms in total. The molecule has 1 fully saturated rings. The first-order chi connectivity index (χ1) is 8.16. The molecule has 0 amide bonds. The first kappa shape index (κ1) is 12.3. The minimum Gasteiger partial charge on any atom is -0.375 e. The first-order valence-electron chi connectivity index (χ1n) is 6.09. The molecule has 17 heavy (non-hydrogen) atoms. The number of benzene rings is 1. The Bertz CT molecular complexity index is 409. The van der Waals surface area contributed by atoms with Gasteiger partial charge in [-0.3, -0.25) is 4.79 Å². The molecule has 3 heteroatoms. The summed E-state index contributed by atoms with van der Waals surface area (Å²) in [7, 11) is 0. The molecule has 1 aliphatic rings. The highest BCUT2D eigenvalue weighted by atomic mass is 16.5. The van der Waals surface area contributed by atoms with E-state index in [0.29, 0.717) is 13.0 Å². The molecule has 0 bridgehead atoms. The lowest BCUT2D eigenvalue weighted by Gasteiger charge is -2.23. The molecule has 1 atom stereocenters. The van der Waals surface area contributed by atoms with E-state index < -0.39 is 0 Å². The molecule has 1 aliphatic heterocycles. The van der Waals surface area contributed by atoms with Gasteiger partial charge in [0, 0.05) is 25.1 Å². The van der Waals surface area contributed by atoms with Crippen molar-refractivity contribution in [2.24, 2.45) is 0 Å². The van der Waals surface area contributed by atoms with Crippen LogP contribution < -0.4 is 5.32 Å². The fourth-order valence-electron chi connectivity index (χ4n) is 2.10. The second kappa shape index (κ2) is 5.43. The van der Waals surface area contributed by atoms with E-state index in [2.05, 4.69) is 5.32 Å². The van der Waals surface area contributed by atoms with Crippen molar-refractivity contribution in [1.29, 1.82) is 0 Å². The van der Waals surface area contributed by atoms with Crippen LogP contribution >= 0.6 is 0 Å². The van der Waals surface area contributed by atoms with Gasteiger partial charge in [-0.2, -0.15) is 0 Å². The fraction of sp³-hybridized carbons (Fsp3) is 0.500. The maximum atomic E-state index is 12.2. The van der Waals surface area contributed by atoms with Gasteiger partial charge in [0.2, 0.25) is 0 Å². The number of hydrogen-bond acceptors (Lipinski definition) is 3. The SMILES string of the molecule is Cc1ccc(C)c(C(=O)CC2CNCCO2)c1. The molecule has 1 N–H and O–H groups in total. The molecule has 0 aromatic heterocycles. The van der Waals surface area contributed by atoms with Crippen LogP contribution in [0.15, 0.2) is 18.2 Å². The zero-order valence-corrected chi connectivity index (χ0v) is 10.5. The number of carbonyl (C=O) groups is 1. The van der Waals surface area contributed by atoms with Crippen LogP contribution in [0.2, 0.25) is 0 Å². The molecule has 1 aromatic carbocycles.